The number of nitrogens with zero attached hydrogens (tertiary/aromatic N) is 6. The van der Waals surface area contributed by atoms with E-state index < -0.39 is 17.8 Å². The molecule has 30 heavy (non-hydrogen) atoms. The van der Waals surface area contributed by atoms with E-state index in [9.17, 15) is 18.0 Å². The number of halogens is 3. The molecule has 11 heteroatoms. The second kappa shape index (κ2) is 7.08. The molecule has 0 N–H and O–H groups in total. The molecule has 0 radical (unpaired) electrons. The second-order valence-corrected chi connectivity index (χ2v) is 7.59. The van der Waals surface area contributed by atoms with Gasteiger partial charge in [0.05, 0.1) is 29.8 Å². The number of hydrogen-bond acceptors (Lipinski definition) is 5. The fourth-order valence-corrected chi connectivity index (χ4v) is 3.82. The zero-order valence-corrected chi connectivity index (χ0v) is 16.9. The van der Waals surface area contributed by atoms with Gasteiger partial charge in [0, 0.05) is 31.9 Å². The highest BCUT2D eigenvalue weighted by atomic mass is 19.4. The fraction of sp³-hybridized carbons (Fsp3) is 0.474. The average molecular weight is 422 g/mol. The molecule has 2 atom stereocenters. The molecule has 1 fully saturated rings. The van der Waals surface area contributed by atoms with E-state index >= 15 is 0 Å². The Morgan fingerprint density at radius 3 is 2.47 bits per heavy atom. The van der Waals surface area contributed by atoms with E-state index in [0.29, 0.717) is 28.9 Å². The molecule has 1 amide bonds. The molecule has 1 aliphatic heterocycles. The smallest absolute Gasteiger partial charge is 0.372 e. The lowest BCUT2D eigenvalue weighted by Gasteiger charge is -2.35. The summed E-state index contributed by atoms with van der Waals surface area (Å²) in [4.78, 5) is 19.1. The standard InChI is InChI=1S/C19H21F3N6O2/c1-10-7-27(8-11(2)30-10)18(29)13-6-23-28-16(19(20,21)22)5-15(24-17(13)28)14-9-26(4)25-12(14)3/h5-6,9-11H,7-8H2,1-4H3/t10-,11-/m1/s1. The molecule has 8 nitrogen and oxygen atoms in total. The number of hydrogen-bond donors (Lipinski definition) is 0. The van der Waals surface area contributed by atoms with Crippen LogP contribution in [0.2, 0.25) is 0 Å². The first-order chi connectivity index (χ1) is 14.0. The number of fused-ring (bicyclic) bond motifs is 1. The van der Waals surface area contributed by atoms with Crippen molar-refractivity contribution in [1.82, 2.24) is 29.3 Å². The van der Waals surface area contributed by atoms with Crippen molar-refractivity contribution in [2.24, 2.45) is 7.05 Å². The third-order valence-electron chi connectivity index (χ3n) is 4.99. The lowest BCUT2D eigenvalue weighted by molar-refractivity contribution is -0.142. The minimum Gasteiger partial charge on any atom is -0.372 e. The molecule has 0 bridgehead atoms. The van der Waals surface area contributed by atoms with E-state index in [0.717, 1.165) is 12.3 Å². The first-order valence-electron chi connectivity index (χ1n) is 9.46. The summed E-state index contributed by atoms with van der Waals surface area (Å²) in [5, 5.41) is 8.01. The molecule has 4 heterocycles. The van der Waals surface area contributed by atoms with Gasteiger partial charge in [-0.25, -0.2) is 9.50 Å². The van der Waals surface area contributed by atoms with Crippen LogP contribution in [-0.2, 0) is 18.0 Å². The molecule has 160 valence electrons. The van der Waals surface area contributed by atoms with E-state index in [4.69, 9.17) is 4.74 Å². The summed E-state index contributed by atoms with van der Waals surface area (Å²) in [5.74, 6) is -0.423. The van der Waals surface area contributed by atoms with Crippen LogP contribution in [0.25, 0.3) is 16.9 Å². The van der Waals surface area contributed by atoms with Crippen molar-refractivity contribution in [1.29, 1.82) is 0 Å². The topological polar surface area (TPSA) is 77.6 Å². The minimum atomic E-state index is -4.68. The molecule has 4 rings (SSSR count). The van der Waals surface area contributed by atoms with Crippen molar-refractivity contribution < 1.29 is 22.7 Å². The zero-order valence-electron chi connectivity index (χ0n) is 16.9. The Kier molecular flexibility index (Phi) is 4.80. The maximum Gasteiger partial charge on any atom is 0.433 e. The molecule has 0 spiro atoms. The summed E-state index contributed by atoms with van der Waals surface area (Å²) in [5.41, 5.74) is -0.0540. The van der Waals surface area contributed by atoms with Gasteiger partial charge < -0.3 is 9.64 Å². The Bertz CT molecular complexity index is 1110. The monoisotopic (exact) mass is 422 g/mol. The highest BCUT2D eigenvalue weighted by Crippen LogP contribution is 2.33. The van der Waals surface area contributed by atoms with E-state index in [-0.39, 0.29) is 29.1 Å². The van der Waals surface area contributed by atoms with Gasteiger partial charge in [-0.1, -0.05) is 0 Å². The van der Waals surface area contributed by atoms with Crippen molar-refractivity contribution in [2.75, 3.05) is 13.1 Å². The lowest BCUT2D eigenvalue weighted by Crippen LogP contribution is -2.48. The summed E-state index contributed by atoms with van der Waals surface area (Å²) in [6.45, 7) is 6.06. The van der Waals surface area contributed by atoms with Crippen LogP contribution in [0.4, 0.5) is 13.2 Å². The highest BCUT2D eigenvalue weighted by Gasteiger charge is 2.37. The van der Waals surface area contributed by atoms with E-state index in [2.05, 4.69) is 15.2 Å². The largest absolute Gasteiger partial charge is 0.433 e. The number of morpholine rings is 1. The van der Waals surface area contributed by atoms with Crippen molar-refractivity contribution >= 4 is 11.6 Å². The first-order valence-corrected chi connectivity index (χ1v) is 9.46. The van der Waals surface area contributed by atoms with Crippen LogP contribution in [0.1, 0.15) is 35.6 Å². The number of amides is 1. The quantitative estimate of drug-likeness (QED) is 0.635. The molecule has 0 aliphatic carbocycles. The molecule has 1 saturated heterocycles. The first kappa shape index (κ1) is 20.3. The minimum absolute atomic E-state index is 0.0187. The zero-order chi connectivity index (χ0) is 21.8. The van der Waals surface area contributed by atoms with Gasteiger partial charge in [0.1, 0.15) is 5.56 Å². The summed E-state index contributed by atoms with van der Waals surface area (Å²) < 4.78 is 49.1. The Labute approximate surface area is 170 Å². The molecule has 0 unspecified atom stereocenters. The highest BCUT2D eigenvalue weighted by molar-refractivity contribution is 6.00. The number of rotatable bonds is 2. The summed E-state index contributed by atoms with van der Waals surface area (Å²) >= 11 is 0. The number of aryl methyl sites for hydroxylation is 2. The van der Waals surface area contributed by atoms with Crippen LogP contribution in [0.3, 0.4) is 0 Å². The van der Waals surface area contributed by atoms with Gasteiger partial charge in [-0.05, 0) is 26.8 Å². The second-order valence-electron chi connectivity index (χ2n) is 7.59. The van der Waals surface area contributed by atoms with Crippen molar-refractivity contribution in [3.63, 3.8) is 0 Å². The molecule has 3 aromatic heterocycles. The number of alkyl halides is 3. The number of aromatic nitrogens is 5. The van der Waals surface area contributed by atoms with Gasteiger partial charge >= 0.3 is 6.18 Å². The predicted molar refractivity (Wildman–Crippen MR) is 101 cm³/mol. The van der Waals surface area contributed by atoms with Crippen LogP contribution in [0.5, 0.6) is 0 Å². The Balaban J connectivity index is 1.87. The SMILES string of the molecule is Cc1nn(C)cc1-c1cc(C(F)(F)F)n2ncc(C(=O)N3C[C@@H](C)O[C@H](C)C3)c2n1. The molecule has 0 saturated carbocycles. The molecular weight excluding hydrogens is 401 g/mol. The van der Waals surface area contributed by atoms with Crippen molar-refractivity contribution in [2.45, 2.75) is 39.2 Å². The van der Waals surface area contributed by atoms with Crippen molar-refractivity contribution in [3.8, 4) is 11.3 Å². The maximum atomic E-state index is 13.8. The summed E-state index contributed by atoms with van der Waals surface area (Å²) in [6, 6.07) is 0.928. The molecule has 1 aliphatic rings. The van der Waals surface area contributed by atoms with E-state index in [1.54, 1.807) is 25.1 Å². The third-order valence-corrected chi connectivity index (χ3v) is 4.99. The Morgan fingerprint density at radius 1 is 1.23 bits per heavy atom. The number of carbonyl (C=O) groups is 1. The fourth-order valence-electron chi connectivity index (χ4n) is 3.82. The predicted octanol–water partition coefficient (Wildman–Crippen LogP) is 2.71. The summed E-state index contributed by atoms with van der Waals surface area (Å²) in [6.07, 6.45) is -2.29. The normalized spacial score (nSPS) is 20.2. The maximum absolute atomic E-state index is 13.8. The lowest BCUT2D eigenvalue weighted by atomic mass is 10.1. The average Bonchev–Trinajstić information content (AvgIpc) is 3.21. The van der Waals surface area contributed by atoms with Crippen LogP contribution in [-0.4, -0.2) is 60.5 Å². The Hall–Kier alpha value is -2.95. The van der Waals surface area contributed by atoms with Gasteiger partial charge in [0.2, 0.25) is 0 Å². The third kappa shape index (κ3) is 3.53. The van der Waals surface area contributed by atoms with Gasteiger partial charge in [-0.2, -0.15) is 23.4 Å². The van der Waals surface area contributed by atoms with E-state index in [1.807, 2.05) is 13.8 Å². The van der Waals surface area contributed by atoms with E-state index in [1.165, 1.54) is 4.68 Å². The van der Waals surface area contributed by atoms with Crippen molar-refractivity contribution in [3.05, 3.63) is 35.4 Å². The molecule has 3 aromatic rings. The van der Waals surface area contributed by atoms with Gasteiger partial charge in [-0.15, -0.1) is 0 Å². The summed E-state index contributed by atoms with van der Waals surface area (Å²) in [7, 11) is 1.67. The Morgan fingerprint density at radius 2 is 1.90 bits per heavy atom. The van der Waals surface area contributed by atoms with Gasteiger partial charge in [0.15, 0.2) is 11.3 Å². The van der Waals surface area contributed by atoms with Crippen LogP contribution in [0, 0.1) is 6.92 Å². The molecule has 0 aromatic carbocycles. The van der Waals surface area contributed by atoms with Crippen LogP contribution in [0.15, 0.2) is 18.5 Å². The number of carbonyl (C=O) groups excluding carboxylic acids is 1. The number of ether oxygens (including phenoxy) is 1. The van der Waals surface area contributed by atoms with Gasteiger partial charge in [0.25, 0.3) is 5.91 Å². The van der Waals surface area contributed by atoms with Crippen LogP contribution < -0.4 is 0 Å². The molecular formula is C19H21F3N6O2. The van der Waals surface area contributed by atoms with Crippen LogP contribution >= 0.6 is 0 Å². The van der Waals surface area contributed by atoms with Gasteiger partial charge in [-0.3, -0.25) is 9.48 Å².